The molecule has 4 heteroatoms. The van der Waals surface area contributed by atoms with E-state index in [9.17, 15) is 0 Å². The zero-order valence-corrected chi connectivity index (χ0v) is 15.8. The van der Waals surface area contributed by atoms with E-state index in [-0.39, 0.29) is 6.10 Å². The van der Waals surface area contributed by atoms with E-state index in [0.717, 1.165) is 24.5 Å². The Morgan fingerprint density at radius 3 is 2.60 bits per heavy atom. The summed E-state index contributed by atoms with van der Waals surface area (Å²) in [4.78, 5) is 0. The molecule has 0 aliphatic carbocycles. The maximum atomic E-state index is 5.90. The SMILES string of the molecule is C[N+]1(CCCCCCOCC2COc3ccccc3O2)CCCCC1. The third-order valence-electron chi connectivity index (χ3n) is 5.50. The van der Waals surface area contributed by atoms with Crippen LogP contribution in [0.1, 0.15) is 44.9 Å². The Morgan fingerprint density at radius 2 is 1.76 bits per heavy atom. The molecule has 0 aromatic heterocycles. The second kappa shape index (κ2) is 9.44. The van der Waals surface area contributed by atoms with Gasteiger partial charge in [-0.15, -0.1) is 0 Å². The molecule has 0 spiro atoms. The van der Waals surface area contributed by atoms with Gasteiger partial charge in [-0.3, -0.25) is 0 Å². The molecule has 2 heterocycles. The molecule has 4 nitrogen and oxygen atoms in total. The first kappa shape index (κ1) is 18.5. The van der Waals surface area contributed by atoms with Crippen molar-refractivity contribution in [3.63, 3.8) is 0 Å². The van der Waals surface area contributed by atoms with Crippen molar-refractivity contribution in [3.8, 4) is 11.5 Å². The number of fused-ring (bicyclic) bond motifs is 1. The summed E-state index contributed by atoms with van der Waals surface area (Å²) in [5.41, 5.74) is 0. The van der Waals surface area contributed by atoms with Gasteiger partial charge in [0, 0.05) is 6.61 Å². The summed E-state index contributed by atoms with van der Waals surface area (Å²) in [5.74, 6) is 1.67. The Bertz CT molecular complexity index is 514. The third kappa shape index (κ3) is 5.89. The number of piperidine rings is 1. The molecule has 0 N–H and O–H groups in total. The van der Waals surface area contributed by atoms with Crippen LogP contribution in [0.3, 0.4) is 0 Å². The zero-order chi connectivity index (χ0) is 17.4. The quantitative estimate of drug-likeness (QED) is 0.498. The van der Waals surface area contributed by atoms with Crippen LogP contribution in [0.15, 0.2) is 24.3 Å². The average molecular weight is 349 g/mol. The molecule has 0 bridgehead atoms. The summed E-state index contributed by atoms with van der Waals surface area (Å²) in [6, 6.07) is 7.83. The summed E-state index contributed by atoms with van der Waals surface area (Å²) in [6.45, 7) is 6.14. The van der Waals surface area contributed by atoms with Crippen LogP contribution in [-0.4, -0.2) is 57.1 Å². The second-order valence-electron chi connectivity index (χ2n) is 7.84. The number of hydrogen-bond acceptors (Lipinski definition) is 3. The molecule has 1 fully saturated rings. The number of unbranched alkanes of at least 4 members (excludes halogenated alkanes) is 3. The number of quaternary nitrogens is 1. The Hall–Kier alpha value is -1.26. The van der Waals surface area contributed by atoms with Crippen LogP contribution < -0.4 is 9.47 Å². The van der Waals surface area contributed by atoms with Gasteiger partial charge in [-0.25, -0.2) is 0 Å². The van der Waals surface area contributed by atoms with Gasteiger partial charge >= 0.3 is 0 Å². The Labute approximate surface area is 152 Å². The van der Waals surface area contributed by atoms with Gasteiger partial charge in [0.15, 0.2) is 17.6 Å². The summed E-state index contributed by atoms with van der Waals surface area (Å²) in [6.07, 6.45) is 9.38. The second-order valence-corrected chi connectivity index (χ2v) is 7.84. The molecule has 0 amide bonds. The lowest BCUT2D eigenvalue weighted by atomic mass is 10.1. The highest BCUT2D eigenvalue weighted by molar-refractivity contribution is 5.40. The largest absolute Gasteiger partial charge is 0.486 e. The van der Waals surface area contributed by atoms with Crippen LogP contribution in [0, 0.1) is 0 Å². The molecule has 1 aromatic rings. The highest BCUT2D eigenvalue weighted by Gasteiger charge is 2.23. The van der Waals surface area contributed by atoms with Gasteiger partial charge in [0.1, 0.15) is 6.61 Å². The fraction of sp³-hybridized carbons (Fsp3) is 0.714. The standard InChI is InChI=1S/C21H34NO3/c1-22(14-8-4-9-15-22)13-7-2-3-10-16-23-17-19-18-24-20-11-5-6-12-21(20)25-19/h5-6,11-12,19H,2-4,7-10,13-18H2,1H3/q+1. The van der Waals surface area contributed by atoms with Crippen molar-refractivity contribution in [2.24, 2.45) is 0 Å². The number of benzene rings is 1. The number of rotatable bonds is 9. The molecule has 1 atom stereocenters. The Kier molecular flexibility index (Phi) is 7.00. The van der Waals surface area contributed by atoms with E-state index in [0.29, 0.717) is 13.2 Å². The highest BCUT2D eigenvalue weighted by Crippen LogP contribution is 2.30. The van der Waals surface area contributed by atoms with Gasteiger partial charge in [-0.2, -0.15) is 0 Å². The van der Waals surface area contributed by atoms with Crippen molar-refractivity contribution < 1.29 is 18.7 Å². The van der Waals surface area contributed by atoms with E-state index in [2.05, 4.69) is 7.05 Å². The minimum Gasteiger partial charge on any atom is -0.486 e. The Morgan fingerprint density at radius 1 is 1.00 bits per heavy atom. The number of nitrogens with zero attached hydrogens (tertiary/aromatic N) is 1. The first-order chi connectivity index (χ1) is 12.3. The molecule has 0 saturated carbocycles. The number of para-hydroxylation sites is 2. The van der Waals surface area contributed by atoms with E-state index in [1.807, 2.05) is 24.3 Å². The summed E-state index contributed by atoms with van der Waals surface area (Å²) in [5, 5.41) is 0. The van der Waals surface area contributed by atoms with Crippen LogP contribution >= 0.6 is 0 Å². The lowest BCUT2D eigenvalue weighted by Gasteiger charge is -2.37. The lowest BCUT2D eigenvalue weighted by Crippen LogP contribution is -2.48. The van der Waals surface area contributed by atoms with E-state index in [1.165, 1.54) is 62.6 Å². The first-order valence-electron chi connectivity index (χ1n) is 10.0. The molecule has 25 heavy (non-hydrogen) atoms. The molecular weight excluding hydrogens is 314 g/mol. The van der Waals surface area contributed by atoms with Crippen molar-refractivity contribution in [1.82, 2.24) is 0 Å². The third-order valence-corrected chi connectivity index (χ3v) is 5.50. The maximum Gasteiger partial charge on any atom is 0.161 e. The predicted octanol–water partition coefficient (Wildman–Crippen LogP) is 4.03. The molecule has 2 aliphatic heterocycles. The van der Waals surface area contributed by atoms with Crippen LogP contribution in [0.25, 0.3) is 0 Å². The van der Waals surface area contributed by atoms with Gasteiger partial charge in [-0.1, -0.05) is 18.6 Å². The van der Waals surface area contributed by atoms with Crippen molar-refractivity contribution in [2.75, 3.05) is 46.5 Å². The minimum atomic E-state index is 0.0125. The molecule has 140 valence electrons. The number of likely N-dealkylation sites (tertiary alicyclic amines) is 1. The van der Waals surface area contributed by atoms with Crippen molar-refractivity contribution >= 4 is 0 Å². The Balaban J connectivity index is 1.19. The minimum absolute atomic E-state index is 0.0125. The molecule has 1 saturated heterocycles. The molecule has 1 aromatic carbocycles. The predicted molar refractivity (Wildman–Crippen MR) is 100 cm³/mol. The molecule has 2 aliphatic rings. The number of hydrogen-bond donors (Lipinski definition) is 0. The van der Waals surface area contributed by atoms with Crippen molar-refractivity contribution in [2.45, 2.75) is 51.0 Å². The van der Waals surface area contributed by atoms with Crippen LogP contribution in [0.4, 0.5) is 0 Å². The monoisotopic (exact) mass is 348 g/mol. The molecule has 1 unspecified atom stereocenters. The highest BCUT2D eigenvalue weighted by atomic mass is 16.6. The lowest BCUT2D eigenvalue weighted by molar-refractivity contribution is -0.914. The summed E-state index contributed by atoms with van der Waals surface area (Å²) >= 11 is 0. The fourth-order valence-corrected chi connectivity index (χ4v) is 3.91. The van der Waals surface area contributed by atoms with Gasteiger partial charge in [0.05, 0.1) is 33.3 Å². The van der Waals surface area contributed by atoms with Gasteiger partial charge in [0.2, 0.25) is 0 Å². The normalized spacial score (nSPS) is 21.9. The number of ether oxygens (including phenoxy) is 3. The van der Waals surface area contributed by atoms with Crippen LogP contribution in [-0.2, 0) is 4.74 Å². The molecule has 3 rings (SSSR count). The van der Waals surface area contributed by atoms with Gasteiger partial charge in [-0.05, 0) is 50.7 Å². The van der Waals surface area contributed by atoms with E-state index in [4.69, 9.17) is 14.2 Å². The fourth-order valence-electron chi connectivity index (χ4n) is 3.91. The van der Waals surface area contributed by atoms with Crippen LogP contribution in [0.2, 0.25) is 0 Å². The van der Waals surface area contributed by atoms with Crippen molar-refractivity contribution in [3.05, 3.63) is 24.3 Å². The van der Waals surface area contributed by atoms with E-state index in [1.54, 1.807) is 0 Å². The van der Waals surface area contributed by atoms with Crippen molar-refractivity contribution in [1.29, 1.82) is 0 Å². The van der Waals surface area contributed by atoms with Gasteiger partial charge < -0.3 is 18.7 Å². The average Bonchev–Trinajstić information content (AvgIpc) is 2.64. The van der Waals surface area contributed by atoms with E-state index < -0.39 is 0 Å². The summed E-state index contributed by atoms with van der Waals surface area (Å²) < 4.78 is 18.7. The van der Waals surface area contributed by atoms with Crippen LogP contribution in [0.5, 0.6) is 11.5 Å². The van der Waals surface area contributed by atoms with Gasteiger partial charge in [0.25, 0.3) is 0 Å². The molecular formula is C21H34NO3+. The van der Waals surface area contributed by atoms with E-state index >= 15 is 0 Å². The zero-order valence-electron chi connectivity index (χ0n) is 15.8. The molecule has 0 radical (unpaired) electrons. The first-order valence-corrected chi connectivity index (χ1v) is 10.0. The maximum absolute atomic E-state index is 5.90. The summed E-state index contributed by atoms with van der Waals surface area (Å²) in [7, 11) is 2.44. The smallest absolute Gasteiger partial charge is 0.161 e. The topological polar surface area (TPSA) is 27.7 Å².